The molecule has 124 valence electrons. The van der Waals surface area contributed by atoms with Crippen molar-refractivity contribution in [3.05, 3.63) is 35.9 Å². The molecule has 4 rings (SSSR count). The number of rotatable bonds is 3. The Hall–Kier alpha value is -2.16. The summed E-state index contributed by atoms with van der Waals surface area (Å²) in [7, 11) is 0. The van der Waals surface area contributed by atoms with Gasteiger partial charge in [-0.15, -0.1) is 0 Å². The third kappa shape index (κ3) is 3.08. The van der Waals surface area contributed by atoms with Crippen LogP contribution in [0.4, 0.5) is 5.82 Å². The fraction of sp³-hybridized carbons (Fsp3) is 0.474. The van der Waals surface area contributed by atoms with E-state index in [9.17, 15) is 5.26 Å². The molecule has 0 saturated carbocycles. The minimum absolute atomic E-state index is 0.417. The second kappa shape index (κ2) is 6.76. The van der Waals surface area contributed by atoms with Gasteiger partial charge in [0.1, 0.15) is 5.82 Å². The number of nitrogens with zero attached hydrogens (tertiary/aromatic N) is 4. The summed E-state index contributed by atoms with van der Waals surface area (Å²) in [5.41, 5.74) is 1.60. The van der Waals surface area contributed by atoms with Crippen molar-refractivity contribution in [2.45, 2.75) is 18.9 Å². The van der Waals surface area contributed by atoms with Gasteiger partial charge in [0.05, 0.1) is 23.3 Å². The quantitative estimate of drug-likeness (QED) is 0.868. The van der Waals surface area contributed by atoms with Gasteiger partial charge in [-0.05, 0) is 25.0 Å². The van der Waals surface area contributed by atoms with Crippen LogP contribution in [0.5, 0.6) is 0 Å². The molecule has 2 saturated heterocycles. The van der Waals surface area contributed by atoms with Gasteiger partial charge in [0.2, 0.25) is 0 Å². The maximum absolute atomic E-state index is 9.44. The number of fused-ring (bicyclic) bond motifs is 1. The van der Waals surface area contributed by atoms with Crippen molar-refractivity contribution in [2.24, 2.45) is 0 Å². The lowest BCUT2D eigenvalue weighted by Crippen LogP contribution is -2.48. The van der Waals surface area contributed by atoms with Gasteiger partial charge in [0.25, 0.3) is 0 Å². The summed E-state index contributed by atoms with van der Waals surface area (Å²) in [5, 5.41) is 10.4. The Morgan fingerprint density at radius 2 is 2.04 bits per heavy atom. The van der Waals surface area contributed by atoms with Crippen LogP contribution in [0.3, 0.4) is 0 Å². The van der Waals surface area contributed by atoms with Crippen molar-refractivity contribution in [3.63, 3.8) is 0 Å². The number of piperazine rings is 1. The van der Waals surface area contributed by atoms with Gasteiger partial charge < -0.3 is 9.64 Å². The molecular weight excluding hydrogens is 300 g/mol. The van der Waals surface area contributed by atoms with E-state index in [-0.39, 0.29) is 0 Å². The molecule has 3 heterocycles. The zero-order valence-corrected chi connectivity index (χ0v) is 13.8. The van der Waals surface area contributed by atoms with Crippen molar-refractivity contribution in [1.82, 2.24) is 9.88 Å². The van der Waals surface area contributed by atoms with Crippen molar-refractivity contribution < 1.29 is 4.74 Å². The number of para-hydroxylation sites is 1. The molecule has 2 aliphatic rings. The van der Waals surface area contributed by atoms with E-state index in [2.05, 4.69) is 15.9 Å². The third-order valence-corrected chi connectivity index (χ3v) is 5.01. The van der Waals surface area contributed by atoms with Crippen molar-refractivity contribution >= 4 is 16.7 Å². The first kappa shape index (κ1) is 15.4. The van der Waals surface area contributed by atoms with Crippen LogP contribution in [0.15, 0.2) is 30.3 Å². The summed E-state index contributed by atoms with van der Waals surface area (Å²) < 4.78 is 5.74. The number of ether oxygens (including phenoxy) is 1. The number of hydrogen-bond acceptors (Lipinski definition) is 5. The van der Waals surface area contributed by atoms with Crippen LogP contribution in [-0.4, -0.2) is 55.3 Å². The van der Waals surface area contributed by atoms with Crippen LogP contribution < -0.4 is 4.90 Å². The Morgan fingerprint density at radius 1 is 1.21 bits per heavy atom. The highest BCUT2D eigenvalue weighted by atomic mass is 16.5. The fourth-order valence-corrected chi connectivity index (χ4v) is 3.65. The normalized spacial score (nSPS) is 22.0. The van der Waals surface area contributed by atoms with Crippen LogP contribution in [0, 0.1) is 11.3 Å². The van der Waals surface area contributed by atoms with E-state index in [4.69, 9.17) is 9.72 Å². The molecule has 0 unspecified atom stereocenters. The first-order valence-electron chi connectivity index (χ1n) is 8.72. The van der Waals surface area contributed by atoms with Crippen LogP contribution in [0.1, 0.15) is 18.4 Å². The molecule has 0 amide bonds. The molecule has 5 nitrogen and oxygen atoms in total. The second-order valence-corrected chi connectivity index (χ2v) is 6.58. The SMILES string of the molecule is N#Cc1cc(N2CCN(C[C@H]3CCCO3)CC2)nc2ccccc12. The van der Waals surface area contributed by atoms with Gasteiger partial charge in [-0.1, -0.05) is 18.2 Å². The molecular formula is C19H22N4O. The van der Waals surface area contributed by atoms with Crippen molar-refractivity contribution in [1.29, 1.82) is 5.26 Å². The van der Waals surface area contributed by atoms with Gasteiger partial charge in [-0.3, -0.25) is 4.90 Å². The number of hydrogen-bond donors (Lipinski definition) is 0. The van der Waals surface area contributed by atoms with Gasteiger partial charge >= 0.3 is 0 Å². The lowest BCUT2D eigenvalue weighted by Gasteiger charge is -2.36. The van der Waals surface area contributed by atoms with E-state index in [1.54, 1.807) is 0 Å². The molecule has 0 N–H and O–H groups in total. The molecule has 1 atom stereocenters. The highest BCUT2D eigenvalue weighted by molar-refractivity contribution is 5.86. The molecule has 2 aliphatic heterocycles. The van der Waals surface area contributed by atoms with Crippen LogP contribution in [-0.2, 0) is 4.74 Å². The first-order chi connectivity index (χ1) is 11.8. The third-order valence-electron chi connectivity index (χ3n) is 5.01. The van der Waals surface area contributed by atoms with E-state index >= 15 is 0 Å². The average molecular weight is 322 g/mol. The maximum Gasteiger partial charge on any atom is 0.130 e. The largest absolute Gasteiger partial charge is 0.377 e. The van der Waals surface area contributed by atoms with E-state index in [1.807, 2.05) is 30.3 Å². The van der Waals surface area contributed by atoms with Gasteiger partial charge in [-0.2, -0.15) is 5.26 Å². The summed E-state index contributed by atoms with van der Waals surface area (Å²) in [5.74, 6) is 0.919. The minimum Gasteiger partial charge on any atom is -0.377 e. The number of benzene rings is 1. The van der Waals surface area contributed by atoms with Crippen LogP contribution in [0.2, 0.25) is 0 Å². The van der Waals surface area contributed by atoms with Crippen molar-refractivity contribution in [3.8, 4) is 6.07 Å². The standard InChI is InChI=1S/C19H22N4O/c20-13-15-12-19(21-18-6-2-1-5-17(15)18)23-9-7-22(8-10-23)14-16-4-3-11-24-16/h1-2,5-6,12,16H,3-4,7-11,14H2/t16-/m1/s1. The zero-order valence-electron chi connectivity index (χ0n) is 13.8. The predicted octanol–water partition coefficient (Wildman–Crippen LogP) is 2.41. The molecule has 0 spiro atoms. The Kier molecular flexibility index (Phi) is 4.33. The second-order valence-electron chi connectivity index (χ2n) is 6.58. The molecule has 1 aromatic carbocycles. The Balaban J connectivity index is 1.47. The fourth-order valence-electron chi connectivity index (χ4n) is 3.65. The number of aromatic nitrogens is 1. The van der Waals surface area contributed by atoms with Crippen LogP contribution >= 0.6 is 0 Å². The van der Waals surface area contributed by atoms with Crippen LogP contribution in [0.25, 0.3) is 10.9 Å². The molecule has 24 heavy (non-hydrogen) atoms. The Labute approximate surface area is 142 Å². The van der Waals surface area contributed by atoms with E-state index in [1.165, 1.54) is 12.8 Å². The molecule has 0 radical (unpaired) electrons. The lowest BCUT2D eigenvalue weighted by molar-refractivity contribution is 0.0712. The lowest BCUT2D eigenvalue weighted by atomic mass is 10.1. The monoisotopic (exact) mass is 322 g/mol. The summed E-state index contributed by atoms with van der Waals surface area (Å²) in [6, 6.07) is 12.1. The van der Waals surface area contributed by atoms with E-state index < -0.39 is 0 Å². The molecule has 5 heteroatoms. The average Bonchev–Trinajstić information content (AvgIpc) is 3.14. The van der Waals surface area contributed by atoms with E-state index in [0.717, 1.165) is 56.1 Å². The number of pyridine rings is 1. The molecule has 1 aromatic heterocycles. The summed E-state index contributed by atoms with van der Waals surface area (Å²) in [4.78, 5) is 9.54. The molecule has 2 fully saturated rings. The van der Waals surface area contributed by atoms with Gasteiger partial charge in [0, 0.05) is 44.7 Å². The predicted molar refractivity (Wildman–Crippen MR) is 94.1 cm³/mol. The first-order valence-corrected chi connectivity index (χ1v) is 8.72. The van der Waals surface area contributed by atoms with E-state index in [0.29, 0.717) is 11.7 Å². The molecule has 0 aliphatic carbocycles. The summed E-state index contributed by atoms with van der Waals surface area (Å²) in [6.45, 7) is 5.91. The zero-order chi connectivity index (χ0) is 16.4. The number of anilines is 1. The summed E-state index contributed by atoms with van der Waals surface area (Å²) in [6.07, 6.45) is 2.81. The molecule has 2 aromatic rings. The minimum atomic E-state index is 0.417. The maximum atomic E-state index is 9.44. The Bertz CT molecular complexity index is 756. The highest BCUT2D eigenvalue weighted by Gasteiger charge is 2.23. The highest BCUT2D eigenvalue weighted by Crippen LogP contribution is 2.23. The Morgan fingerprint density at radius 3 is 2.79 bits per heavy atom. The molecule has 0 bridgehead atoms. The van der Waals surface area contributed by atoms with Crippen molar-refractivity contribution in [2.75, 3.05) is 44.2 Å². The number of nitriles is 1. The smallest absolute Gasteiger partial charge is 0.130 e. The summed E-state index contributed by atoms with van der Waals surface area (Å²) >= 11 is 0. The van der Waals surface area contributed by atoms with Gasteiger partial charge in [-0.25, -0.2) is 4.98 Å². The van der Waals surface area contributed by atoms with Gasteiger partial charge in [0.15, 0.2) is 0 Å². The topological polar surface area (TPSA) is 52.4 Å².